The van der Waals surface area contributed by atoms with Gasteiger partial charge in [-0.2, -0.15) is 0 Å². The topological polar surface area (TPSA) is 9.23 Å². The molecule has 2 aliphatic carbocycles. The van der Waals surface area contributed by atoms with E-state index in [1.165, 1.54) is 70.6 Å². The molecule has 2 saturated carbocycles. The van der Waals surface area contributed by atoms with Crippen LogP contribution in [0.1, 0.15) is 84.0 Å². The van der Waals surface area contributed by atoms with E-state index in [0.29, 0.717) is 6.10 Å². The summed E-state index contributed by atoms with van der Waals surface area (Å²) in [4.78, 5) is 0. The predicted octanol–water partition coefficient (Wildman–Crippen LogP) is 6.13. The molecule has 0 N–H and O–H groups in total. The summed E-state index contributed by atoms with van der Waals surface area (Å²) in [5.41, 5.74) is 0. The molecule has 0 heterocycles. The molecule has 0 aliphatic heterocycles. The number of rotatable bonds is 8. The van der Waals surface area contributed by atoms with Crippen LogP contribution in [0, 0.1) is 17.8 Å². The first kappa shape index (κ1) is 17.1. The quantitative estimate of drug-likeness (QED) is 0.386. The Bertz CT molecular complexity index is 270. The lowest BCUT2D eigenvalue weighted by Gasteiger charge is -2.37. The highest BCUT2D eigenvalue weighted by atomic mass is 16.5. The zero-order valence-corrected chi connectivity index (χ0v) is 14.2. The van der Waals surface area contributed by atoms with Gasteiger partial charge in [0.25, 0.3) is 0 Å². The Balaban J connectivity index is 1.61. The molecular formula is C20H36O. The minimum absolute atomic E-state index is 0.580. The van der Waals surface area contributed by atoms with Crippen LogP contribution in [0.2, 0.25) is 0 Å². The average Bonchev–Trinajstić information content (AvgIpc) is 2.54. The lowest BCUT2D eigenvalue weighted by Crippen LogP contribution is -2.28. The van der Waals surface area contributed by atoms with Crippen molar-refractivity contribution in [2.24, 2.45) is 17.8 Å². The van der Waals surface area contributed by atoms with Gasteiger partial charge in [0.1, 0.15) is 0 Å². The fourth-order valence-electron chi connectivity index (χ4n) is 4.51. The van der Waals surface area contributed by atoms with E-state index in [4.69, 9.17) is 4.74 Å². The lowest BCUT2D eigenvalue weighted by molar-refractivity contribution is 0.00727. The maximum atomic E-state index is 5.93. The highest BCUT2D eigenvalue weighted by Crippen LogP contribution is 2.41. The summed E-state index contributed by atoms with van der Waals surface area (Å²) in [5, 5.41) is 0. The van der Waals surface area contributed by atoms with Crippen LogP contribution in [-0.2, 0) is 4.74 Å². The standard InChI is InChI=1S/C20H36O/c1-3-5-6-7-17-8-10-18(11-9-17)19-12-14-20(15-13-19)21-16-4-2/h3,17-20H,1,4-16H2,2H3/t17-,18-,19-,20-. The van der Waals surface area contributed by atoms with E-state index < -0.39 is 0 Å². The van der Waals surface area contributed by atoms with Crippen molar-refractivity contribution in [1.29, 1.82) is 0 Å². The molecule has 0 unspecified atom stereocenters. The van der Waals surface area contributed by atoms with Gasteiger partial charge in [0.15, 0.2) is 0 Å². The normalized spacial score (nSPS) is 33.8. The van der Waals surface area contributed by atoms with Crippen LogP contribution in [0.25, 0.3) is 0 Å². The van der Waals surface area contributed by atoms with Crippen LogP contribution in [0.4, 0.5) is 0 Å². The first-order chi connectivity index (χ1) is 10.3. The van der Waals surface area contributed by atoms with E-state index >= 15 is 0 Å². The molecule has 0 aromatic rings. The van der Waals surface area contributed by atoms with Crippen molar-refractivity contribution in [3.63, 3.8) is 0 Å². The van der Waals surface area contributed by atoms with Crippen LogP contribution < -0.4 is 0 Å². The first-order valence-electron chi connectivity index (χ1n) is 9.56. The van der Waals surface area contributed by atoms with Gasteiger partial charge in [0.2, 0.25) is 0 Å². The van der Waals surface area contributed by atoms with Gasteiger partial charge in [-0.3, -0.25) is 0 Å². The Morgan fingerprint density at radius 1 is 0.952 bits per heavy atom. The van der Waals surface area contributed by atoms with E-state index in [0.717, 1.165) is 30.8 Å². The third kappa shape index (κ3) is 5.77. The second-order valence-corrected chi connectivity index (χ2v) is 7.41. The first-order valence-corrected chi connectivity index (χ1v) is 9.56. The predicted molar refractivity (Wildman–Crippen MR) is 91.5 cm³/mol. The number of ether oxygens (including phenoxy) is 1. The summed E-state index contributed by atoms with van der Waals surface area (Å²) in [7, 11) is 0. The Morgan fingerprint density at radius 3 is 2.14 bits per heavy atom. The van der Waals surface area contributed by atoms with Gasteiger partial charge in [-0.15, -0.1) is 6.58 Å². The Labute approximate surface area is 132 Å². The summed E-state index contributed by atoms with van der Waals surface area (Å²) in [5.74, 6) is 3.07. The molecule has 21 heavy (non-hydrogen) atoms. The zero-order valence-electron chi connectivity index (χ0n) is 14.2. The Hall–Kier alpha value is -0.300. The van der Waals surface area contributed by atoms with Crippen LogP contribution in [-0.4, -0.2) is 12.7 Å². The molecule has 2 aliphatic rings. The maximum absolute atomic E-state index is 5.93. The minimum atomic E-state index is 0.580. The number of allylic oxidation sites excluding steroid dienone is 1. The summed E-state index contributed by atoms with van der Waals surface area (Å²) in [6.45, 7) is 7.00. The van der Waals surface area contributed by atoms with Crippen LogP contribution in [0.5, 0.6) is 0 Å². The minimum Gasteiger partial charge on any atom is -0.378 e. The van der Waals surface area contributed by atoms with Gasteiger partial charge in [0, 0.05) is 6.61 Å². The zero-order chi connectivity index (χ0) is 14.9. The van der Waals surface area contributed by atoms with Crippen molar-refractivity contribution in [2.75, 3.05) is 6.61 Å². The van der Waals surface area contributed by atoms with E-state index in [1.54, 1.807) is 0 Å². The van der Waals surface area contributed by atoms with Crippen molar-refractivity contribution in [2.45, 2.75) is 90.1 Å². The molecule has 0 aromatic heterocycles. The summed E-state index contributed by atoms with van der Waals surface area (Å²) in [6.07, 6.45) is 19.3. The van der Waals surface area contributed by atoms with Crippen molar-refractivity contribution < 1.29 is 4.74 Å². The van der Waals surface area contributed by atoms with Gasteiger partial charge in [0.05, 0.1) is 6.10 Å². The molecule has 2 fully saturated rings. The number of hydrogen-bond donors (Lipinski definition) is 0. The second kappa shape index (κ2) is 9.66. The van der Waals surface area contributed by atoms with Crippen LogP contribution in [0.3, 0.4) is 0 Å². The number of unbranched alkanes of at least 4 members (excludes halogenated alkanes) is 1. The van der Waals surface area contributed by atoms with Crippen molar-refractivity contribution in [3.8, 4) is 0 Å². The van der Waals surface area contributed by atoms with Gasteiger partial charge in [-0.05, 0) is 75.5 Å². The molecule has 0 spiro atoms. The molecule has 0 atom stereocenters. The van der Waals surface area contributed by atoms with E-state index in [1.807, 2.05) is 0 Å². The molecule has 122 valence electrons. The Morgan fingerprint density at radius 2 is 1.57 bits per heavy atom. The van der Waals surface area contributed by atoms with E-state index in [9.17, 15) is 0 Å². The van der Waals surface area contributed by atoms with Gasteiger partial charge < -0.3 is 4.74 Å². The van der Waals surface area contributed by atoms with E-state index in [2.05, 4.69) is 19.6 Å². The smallest absolute Gasteiger partial charge is 0.0575 e. The molecule has 2 rings (SSSR count). The largest absolute Gasteiger partial charge is 0.378 e. The molecule has 1 nitrogen and oxygen atoms in total. The summed E-state index contributed by atoms with van der Waals surface area (Å²) < 4.78 is 5.93. The maximum Gasteiger partial charge on any atom is 0.0575 e. The molecule has 0 saturated heterocycles. The molecular weight excluding hydrogens is 256 g/mol. The highest BCUT2D eigenvalue weighted by Gasteiger charge is 2.30. The fourth-order valence-corrected chi connectivity index (χ4v) is 4.51. The van der Waals surface area contributed by atoms with Crippen LogP contribution >= 0.6 is 0 Å². The third-order valence-corrected chi connectivity index (χ3v) is 5.86. The SMILES string of the molecule is C=CCCC[C@H]1CC[C@H]([C@H]2CC[C@H](OCCC)CC2)CC1. The van der Waals surface area contributed by atoms with Gasteiger partial charge >= 0.3 is 0 Å². The monoisotopic (exact) mass is 292 g/mol. The molecule has 0 aromatic carbocycles. The summed E-state index contributed by atoms with van der Waals surface area (Å²) >= 11 is 0. The molecule has 0 radical (unpaired) electrons. The average molecular weight is 293 g/mol. The highest BCUT2D eigenvalue weighted by molar-refractivity contribution is 4.82. The number of hydrogen-bond acceptors (Lipinski definition) is 1. The molecule has 0 bridgehead atoms. The van der Waals surface area contributed by atoms with E-state index in [-0.39, 0.29) is 0 Å². The van der Waals surface area contributed by atoms with Gasteiger partial charge in [-0.1, -0.05) is 32.3 Å². The third-order valence-electron chi connectivity index (χ3n) is 5.86. The van der Waals surface area contributed by atoms with Crippen LogP contribution in [0.15, 0.2) is 12.7 Å². The molecule has 1 heteroatoms. The lowest BCUT2D eigenvalue weighted by atomic mass is 9.70. The van der Waals surface area contributed by atoms with Crippen molar-refractivity contribution in [1.82, 2.24) is 0 Å². The fraction of sp³-hybridized carbons (Fsp3) is 0.900. The van der Waals surface area contributed by atoms with Gasteiger partial charge in [-0.25, -0.2) is 0 Å². The van der Waals surface area contributed by atoms with Crippen molar-refractivity contribution in [3.05, 3.63) is 12.7 Å². The molecule has 0 amide bonds. The second-order valence-electron chi connectivity index (χ2n) is 7.41. The van der Waals surface area contributed by atoms with Crippen molar-refractivity contribution >= 4 is 0 Å². The Kier molecular flexibility index (Phi) is 7.85. The summed E-state index contributed by atoms with van der Waals surface area (Å²) in [6, 6.07) is 0.